The highest BCUT2D eigenvalue weighted by molar-refractivity contribution is 5.94. The van der Waals surface area contributed by atoms with Crippen molar-refractivity contribution in [3.05, 3.63) is 66.0 Å². The van der Waals surface area contributed by atoms with E-state index in [0.717, 1.165) is 17.0 Å². The van der Waals surface area contributed by atoms with Gasteiger partial charge in [0.15, 0.2) is 11.9 Å². The molecule has 3 aliphatic heterocycles. The van der Waals surface area contributed by atoms with Crippen LogP contribution in [-0.4, -0.2) is 82.7 Å². The smallest absolute Gasteiger partial charge is 0.253 e. The number of piperazine rings is 1. The number of hydrogen-bond acceptors (Lipinski definition) is 6. The third-order valence-corrected chi connectivity index (χ3v) is 6.22. The molecule has 2 atom stereocenters. The van der Waals surface area contributed by atoms with Crippen molar-refractivity contribution in [2.24, 2.45) is 11.1 Å². The summed E-state index contributed by atoms with van der Waals surface area (Å²) in [6, 6.07) is 13.1. The quantitative estimate of drug-likeness (QED) is 0.748. The zero-order chi connectivity index (χ0) is 21.2. The Morgan fingerprint density at radius 2 is 1.77 bits per heavy atom. The predicted octanol–water partition coefficient (Wildman–Crippen LogP) is 1.25. The Labute approximate surface area is 181 Å². The average molecular weight is 419 g/mol. The van der Waals surface area contributed by atoms with Gasteiger partial charge in [0.1, 0.15) is 0 Å². The Hall–Kier alpha value is -3.42. The van der Waals surface area contributed by atoms with E-state index in [1.807, 2.05) is 52.3 Å². The van der Waals surface area contributed by atoms with Crippen molar-refractivity contribution in [1.29, 1.82) is 0 Å². The van der Waals surface area contributed by atoms with Crippen molar-refractivity contribution in [3.63, 3.8) is 0 Å². The van der Waals surface area contributed by atoms with Crippen LogP contribution in [0, 0.1) is 5.92 Å². The molecule has 8 nitrogen and oxygen atoms in total. The van der Waals surface area contributed by atoms with E-state index in [2.05, 4.69) is 15.0 Å². The number of aromatic nitrogens is 1. The van der Waals surface area contributed by atoms with E-state index in [-0.39, 0.29) is 23.8 Å². The minimum atomic E-state index is -0.0863. The lowest BCUT2D eigenvalue weighted by Crippen LogP contribution is -2.52. The van der Waals surface area contributed by atoms with Crippen molar-refractivity contribution >= 4 is 17.6 Å². The van der Waals surface area contributed by atoms with Gasteiger partial charge in [-0.25, -0.2) is 0 Å². The summed E-state index contributed by atoms with van der Waals surface area (Å²) in [6.07, 6.45) is 3.70. The largest absolute Gasteiger partial charge is 0.388 e. The van der Waals surface area contributed by atoms with Crippen LogP contribution in [0.2, 0.25) is 0 Å². The van der Waals surface area contributed by atoms with Crippen LogP contribution in [0.5, 0.6) is 0 Å². The topological polar surface area (TPSA) is 78.3 Å². The Balaban J connectivity index is 1.17. The van der Waals surface area contributed by atoms with Gasteiger partial charge in [-0.15, -0.1) is 0 Å². The highest BCUT2D eigenvalue weighted by atomic mass is 16.6. The van der Waals surface area contributed by atoms with Crippen molar-refractivity contribution in [3.8, 4) is 0 Å². The number of pyridine rings is 1. The number of fused-ring (bicyclic) bond motifs is 1. The minimum Gasteiger partial charge on any atom is -0.388 e. The number of benzene rings is 1. The fourth-order valence-corrected chi connectivity index (χ4v) is 4.51. The minimum absolute atomic E-state index is 0.0655. The lowest BCUT2D eigenvalue weighted by molar-refractivity contribution is -0.130. The molecule has 31 heavy (non-hydrogen) atoms. The normalized spacial score (nSPS) is 22.7. The molecule has 2 saturated heterocycles. The van der Waals surface area contributed by atoms with Gasteiger partial charge in [-0.05, 0) is 23.8 Å². The molecule has 2 aromatic rings. The summed E-state index contributed by atoms with van der Waals surface area (Å²) in [5.41, 5.74) is 1.63. The maximum atomic E-state index is 12.7. The van der Waals surface area contributed by atoms with E-state index < -0.39 is 0 Å². The van der Waals surface area contributed by atoms with Crippen molar-refractivity contribution < 1.29 is 14.4 Å². The monoisotopic (exact) mass is 419 g/mol. The highest BCUT2D eigenvalue weighted by Crippen LogP contribution is 2.29. The van der Waals surface area contributed by atoms with Crippen LogP contribution in [0.1, 0.15) is 15.9 Å². The van der Waals surface area contributed by atoms with Gasteiger partial charge < -0.3 is 19.5 Å². The SMILES string of the molecule is O=C(Cc1cccnc1)N1CC2ON=C(N3CCN(C(=O)c4ccccc4)CC3)C2C1. The Morgan fingerprint density at radius 3 is 2.52 bits per heavy atom. The summed E-state index contributed by atoms with van der Waals surface area (Å²) in [4.78, 5) is 41.1. The molecular weight excluding hydrogens is 394 g/mol. The standard InChI is InChI=1S/C23H25N5O3/c29-21(13-17-5-4-8-24-14-17)28-15-19-20(16-28)31-25-22(19)26-9-11-27(12-10-26)23(30)18-6-2-1-3-7-18/h1-8,14,19-20H,9-13,15-16H2. The Morgan fingerprint density at radius 1 is 0.968 bits per heavy atom. The molecule has 1 aromatic carbocycles. The molecule has 2 amide bonds. The Kier molecular flexibility index (Phi) is 5.28. The summed E-state index contributed by atoms with van der Waals surface area (Å²) >= 11 is 0. The third kappa shape index (κ3) is 3.97. The summed E-state index contributed by atoms with van der Waals surface area (Å²) in [7, 11) is 0. The zero-order valence-corrected chi connectivity index (χ0v) is 17.3. The molecule has 0 aliphatic carbocycles. The molecule has 2 fully saturated rings. The van der Waals surface area contributed by atoms with Gasteiger partial charge in [-0.1, -0.05) is 29.4 Å². The lowest BCUT2D eigenvalue weighted by Gasteiger charge is -2.36. The number of hydrogen-bond donors (Lipinski definition) is 0. The number of rotatable bonds is 3. The van der Waals surface area contributed by atoms with Crippen LogP contribution >= 0.6 is 0 Å². The number of oxime groups is 1. The molecule has 3 aliphatic rings. The molecule has 1 aromatic heterocycles. The van der Waals surface area contributed by atoms with Gasteiger partial charge in [0.2, 0.25) is 5.91 Å². The molecule has 2 unspecified atom stereocenters. The molecule has 160 valence electrons. The molecule has 0 saturated carbocycles. The fraction of sp³-hybridized carbons (Fsp3) is 0.391. The van der Waals surface area contributed by atoms with Crippen LogP contribution in [0.4, 0.5) is 0 Å². The molecular formula is C23H25N5O3. The van der Waals surface area contributed by atoms with Gasteiger partial charge in [-0.2, -0.15) is 0 Å². The van der Waals surface area contributed by atoms with E-state index in [1.165, 1.54) is 0 Å². The highest BCUT2D eigenvalue weighted by Gasteiger charge is 2.46. The molecule has 5 rings (SSSR count). The average Bonchev–Trinajstić information content (AvgIpc) is 3.41. The van der Waals surface area contributed by atoms with Crippen molar-refractivity contribution in [2.45, 2.75) is 12.5 Å². The van der Waals surface area contributed by atoms with Crippen LogP contribution < -0.4 is 0 Å². The van der Waals surface area contributed by atoms with Crippen LogP contribution in [-0.2, 0) is 16.1 Å². The van der Waals surface area contributed by atoms with E-state index in [4.69, 9.17) is 4.84 Å². The summed E-state index contributed by atoms with van der Waals surface area (Å²) in [6.45, 7) is 3.90. The first kappa shape index (κ1) is 19.5. The lowest BCUT2D eigenvalue weighted by atomic mass is 10.0. The number of amides is 2. The van der Waals surface area contributed by atoms with Gasteiger partial charge in [0.05, 0.1) is 18.9 Å². The molecule has 0 N–H and O–H groups in total. The van der Waals surface area contributed by atoms with E-state index >= 15 is 0 Å². The third-order valence-electron chi connectivity index (χ3n) is 6.22. The van der Waals surface area contributed by atoms with Crippen molar-refractivity contribution in [1.82, 2.24) is 19.7 Å². The number of nitrogens with zero attached hydrogens (tertiary/aromatic N) is 5. The number of amidine groups is 1. The zero-order valence-electron chi connectivity index (χ0n) is 17.3. The second kappa shape index (κ2) is 8.37. The van der Waals surface area contributed by atoms with Gasteiger partial charge in [0, 0.05) is 50.7 Å². The molecule has 4 heterocycles. The van der Waals surface area contributed by atoms with Crippen LogP contribution in [0.25, 0.3) is 0 Å². The van der Waals surface area contributed by atoms with Gasteiger partial charge in [-0.3, -0.25) is 14.6 Å². The summed E-state index contributed by atoms with van der Waals surface area (Å²) in [5.74, 6) is 1.15. The number of carbonyl (C=O) groups is 2. The van der Waals surface area contributed by atoms with E-state index in [1.54, 1.807) is 12.4 Å². The first-order valence-corrected chi connectivity index (χ1v) is 10.7. The maximum absolute atomic E-state index is 12.7. The first-order valence-electron chi connectivity index (χ1n) is 10.7. The first-order chi connectivity index (χ1) is 15.2. The van der Waals surface area contributed by atoms with Gasteiger partial charge >= 0.3 is 0 Å². The van der Waals surface area contributed by atoms with Gasteiger partial charge in [0.25, 0.3) is 5.91 Å². The molecule has 0 bridgehead atoms. The number of likely N-dealkylation sites (tertiary alicyclic amines) is 1. The Bertz CT molecular complexity index is 973. The summed E-state index contributed by atoms with van der Waals surface area (Å²) < 4.78 is 0. The maximum Gasteiger partial charge on any atom is 0.253 e. The van der Waals surface area contributed by atoms with Crippen molar-refractivity contribution in [2.75, 3.05) is 39.3 Å². The van der Waals surface area contributed by atoms with E-state index in [9.17, 15) is 9.59 Å². The fourth-order valence-electron chi connectivity index (χ4n) is 4.51. The molecule has 8 heteroatoms. The predicted molar refractivity (Wildman–Crippen MR) is 114 cm³/mol. The number of carbonyl (C=O) groups excluding carboxylic acids is 2. The summed E-state index contributed by atoms with van der Waals surface area (Å²) in [5, 5.41) is 4.34. The van der Waals surface area contributed by atoms with E-state index in [0.29, 0.717) is 45.7 Å². The van der Waals surface area contributed by atoms with Crippen LogP contribution in [0.3, 0.4) is 0 Å². The second-order valence-corrected chi connectivity index (χ2v) is 8.18. The van der Waals surface area contributed by atoms with Crippen LogP contribution in [0.15, 0.2) is 60.0 Å². The molecule has 0 radical (unpaired) electrons. The molecule has 0 spiro atoms. The second-order valence-electron chi connectivity index (χ2n) is 8.18.